The predicted octanol–water partition coefficient (Wildman–Crippen LogP) is 7.38. The van der Waals surface area contributed by atoms with Gasteiger partial charge in [0.05, 0.1) is 12.7 Å². The minimum Gasteiger partial charge on any atom is -0.345 e. The van der Waals surface area contributed by atoms with Crippen LogP contribution in [0.4, 0.5) is 0 Å². The first kappa shape index (κ1) is 26.2. The van der Waals surface area contributed by atoms with Crippen molar-refractivity contribution >= 4 is 0 Å². The molecule has 0 saturated heterocycles. The molecular weight excluding hydrogens is 356 g/mol. The molecule has 0 aliphatic carbocycles. The SMILES string of the molecule is CCCCCCCCCCCCCC/C=C/CCCC1NC=C[N+]1(CC)C(C)O. The van der Waals surface area contributed by atoms with Crippen molar-refractivity contribution in [2.24, 2.45) is 0 Å². The summed E-state index contributed by atoms with van der Waals surface area (Å²) in [5.74, 6) is 0. The average Bonchev–Trinajstić information content (AvgIpc) is 3.14. The molecular formula is C26H51N2O+. The van der Waals surface area contributed by atoms with Gasteiger partial charge >= 0.3 is 0 Å². The normalized spacial score (nSPS) is 22.4. The van der Waals surface area contributed by atoms with E-state index in [1.807, 2.05) is 13.1 Å². The zero-order valence-electron chi connectivity index (χ0n) is 19.9. The highest BCUT2D eigenvalue weighted by Crippen LogP contribution is 2.25. The molecule has 1 rings (SSSR count). The van der Waals surface area contributed by atoms with Crippen molar-refractivity contribution in [3.8, 4) is 0 Å². The molecule has 0 radical (unpaired) electrons. The van der Waals surface area contributed by atoms with Crippen LogP contribution in [0.25, 0.3) is 0 Å². The average molecular weight is 408 g/mol. The third kappa shape index (κ3) is 10.7. The summed E-state index contributed by atoms with van der Waals surface area (Å²) >= 11 is 0. The van der Waals surface area contributed by atoms with E-state index < -0.39 is 0 Å². The van der Waals surface area contributed by atoms with Gasteiger partial charge in [-0.25, -0.2) is 0 Å². The quantitative estimate of drug-likeness (QED) is 0.133. The van der Waals surface area contributed by atoms with Gasteiger partial charge in [0.1, 0.15) is 6.20 Å². The van der Waals surface area contributed by atoms with Crippen molar-refractivity contribution in [2.75, 3.05) is 6.54 Å². The largest absolute Gasteiger partial charge is 0.345 e. The van der Waals surface area contributed by atoms with E-state index in [0.717, 1.165) is 19.4 Å². The molecule has 1 heterocycles. The zero-order chi connectivity index (χ0) is 21.2. The second-order valence-electron chi connectivity index (χ2n) is 9.02. The molecule has 0 amide bonds. The molecule has 3 nitrogen and oxygen atoms in total. The lowest BCUT2D eigenvalue weighted by atomic mass is 10.0. The van der Waals surface area contributed by atoms with Crippen molar-refractivity contribution in [1.82, 2.24) is 5.32 Å². The molecule has 0 aromatic heterocycles. The Labute approximate surface area is 182 Å². The Hall–Kier alpha value is -0.800. The van der Waals surface area contributed by atoms with E-state index >= 15 is 0 Å². The molecule has 0 aromatic rings. The fraction of sp³-hybridized carbons (Fsp3) is 0.846. The molecule has 2 N–H and O–H groups in total. The number of aliphatic hydroxyl groups excluding tert-OH is 1. The molecule has 3 heteroatoms. The van der Waals surface area contributed by atoms with E-state index in [2.05, 4.69) is 37.5 Å². The molecule has 0 bridgehead atoms. The maximum absolute atomic E-state index is 10.2. The second-order valence-corrected chi connectivity index (χ2v) is 9.02. The van der Waals surface area contributed by atoms with Crippen LogP contribution >= 0.6 is 0 Å². The van der Waals surface area contributed by atoms with E-state index in [9.17, 15) is 5.11 Å². The third-order valence-electron chi connectivity index (χ3n) is 6.70. The lowest BCUT2D eigenvalue weighted by Gasteiger charge is -2.39. The summed E-state index contributed by atoms with van der Waals surface area (Å²) in [6.07, 6.45) is 30.6. The lowest BCUT2D eigenvalue weighted by Crippen LogP contribution is -2.57. The number of nitrogens with one attached hydrogen (secondary N) is 1. The van der Waals surface area contributed by atoms with Crippen molar-refractivity contribution < 1.29 is 9.59 Å². The first-order valence-corrected chi connectivity index (χ1v) is 12.8. The molecule has 29 heavy (non-hydrogen) atoms. The first-order chi connectivity index (χ1) is 14.2. The number of unbranched alkanes of at least 4 members (excludes halogenated alkanes) is 13. The van der Waals surface area contributed by atoms with Crippen LogP contribution in [0.3, 0.4) is 0 Å². The van der Waals surface area contributed by atoms with Gasteiger partial charge in [0, 0.05) is 13.3 Å². The second kappa shape index (κ2) is 16.9. The van der Waals surface area contributed by atoms with Crippen LogP contribution in [0.5, 0.6) is 0 Å². The van der Waals surface area contributed by atoms with Crippen LogP contribution in [0, 0.1) is 0 Å². The molecule has 1 aliphatic rings. The molecule has 0 fully saturated rings. The Morgan fingerprint density at radius 2 is 1.34 bits per heavy atom. The Bertz CT molecular complexity index is 432. The highest BCUT2D eigenvalue weighted by Gasteiger charge is 2.40. The van der Waals surface area contributed by atoms with Crippen LogP contribution in [0.2, 0.25) is 0 Å². The van der Waals surface area contributed by atoms with Crippen LogP contribution < -0.4 is 5.32 Å². The van der Waals surface area contributed by atoms with Gasteiger partial charge in [0.25, 0.3) is 0 Å². The van der Waals surface area contributed by atoms with E-state index in [1.54, 1.807) is 0 Å². The fourth-order valence-electron chi connectivity index (χ4n) is 4.60. The Balaban J connectivity index is 1.90. The highest BCUT2D eigenvalue weighted by atomic mass is 16.3. The third-order valence-corrected chi connectivity index (χ3v) is 6.70. The van der Waals surface area contributed by atoms with Gasteiger partial charge in [-0.3, -0.25) is 4.48 Å². The number of quaternary nitrogens is 1. The topological polar surface area (TPSA) is 32.3 Å². The summed E-state index contributed by atoms with van der Waals surface area (Å²) in [7, 11) is 0. The molecule has 1 aliphatic heterocycles. The molecule has 170 valence electrons. The van der Waals surface area contributed by atoms with Crippen molar-refractivity contribution in [1.29, 1.82) is 0 Å². The Morgan fingerprint density at radius 3 is 1.86 bits per heavy atom. The number of nitrogens with zero attached hydrogens (tertiary/aromatic N) is 1. The van der Waals surface area contributed by atoms with Gasteiger partial charge in [0.15, 0.2) is 12.4 Å². The summed E-state index contributed by atoms with van der Waals surface area (Å²) in [5, 5.41) is 13.6. The standard InChI is InChI=1S/C26H51N2O/c1-4-6-7-8-9-10-11-12-13-14-15-16-17-18-19-20-21-22-26-27-23-24-28(26,5-2)25(3)29/h18-19,23-27,29H,4-17,20-22H2,1-3H3/q+1/b19-18+. The maximum Gasteiger partial charge on any atom is 0.193 e. The number of allylic oxidation sites excluding steroid dienone is 2. The van der Waals surface area contributed by atoms with E-state index in [0.29, 0.717) is 10.6 Å². The van der Waals surface area contributed by atoms with Crippen molar-refractivity contribution in [3.05, 3.63) is 24.6 Å². The van der Waals surface area contributed by atoms with Gasteiger partial charge in [0.2, 0.25) is 0 Å². The smallest absolute Gasteiger partial charge is 0.193 e. The minimum atomic E-state index is -0.349. The summed E-state index contributed by atoms with van der Waals surface area (Å²) in [5.41, 5.74) is 0. The summed E-state index contributed by atoms with van der Waals surface area (Å²) in [4.78, 5) is 0. The summed E-state index contributed by atoms with van der Waals surface area (Å²) in [6.45, 7) is 7.28. The molecule has 0 aromatic carbocycles. The van der Waals surface area contributed by atoms with E-state index in [-0.39, 0.29) is 6.23 Å². The molecule has 3 unspecified atom stereocenters. The Kier molecular flexibility index (Phi) is 15.3. The molecule has 0 spiro atoms. The van der Waals surface area contributed by atoms with Gasteiger partial charge in [-0.05, 0) is 32.6 Å². The van der Waals surface area contributed by atoms with Gasteiger partial charge in [-0.15, -0.1) is 0 Å². The fourth-order valence-corrected chi connectivity index (χ4v) is 4.60. The van der Waals surface area contributed by atoms with Gasteiger partial charge in [-0.1, -0.05) is 89.7 Å². The van der Waals surface area contributed by atoms with Crippen LogP contribution in [0.1, 0.15) is 124 Å². The van der Waals surface area contributed by atoms with Crippen LogP contribution in [-0.4, -0.2) is 28.5 Å². The van der Waals surface area contributed by atoms with E-state index in [1.165, 1.54) is 89.9 Å². The van der Waals surface area contributed by atoms with Crippen molar-refractivity contribution in [3.63, 3.8) is 0 Å². The van der Waals surface area contributed by atoms with Crippen LogP contribution in [0.15, 0.2) is 24.6 Å². The minimum absolute atomic E-state index is 0.324. The maximum atomic E-state index is 10.2. The monoisotopic (exact) mass is 407 g/mol. The number of aliphatic hydroxyl groups is 1. The molecule has 3 atom stereocenters. The highest BCUT2D eigenvalue weighted by molar-refractivity contribution is 4.86. The van der Waals surface area contributed by atoms with Gasteiger partial charge < -0.3 is 10.4 Å². The number of hydrogen-bond acceptors (Lipinski definition) is 2. The molecule has 0 saturated carbocycles. The summed E-state index contributed by atoms with van der Waals surface area (Å²) < 4.78 is 0.655. The van der Waals surface area contributed by atoms with Crippen molar-refractivity contribution in [2.45, 2.75) is 136 Å². The van der Waals surface area contributed by atoms with E-state index in [4.69, 9.17) is 0 Å². The number of rotatable bonds is 19. The van der Waals surface area contributed by atoms with Gasteiger partial charge in [-0.2, -0.15) is 0 Å². The lowest BCUT2D eigenvalue weighted by molar-refractivity contribution is -0.942. The number of hydrogen-bond donors (Lipinski definition) is 2. The Morgan fingerprint density at radius 1 is 0.828 bits per heavy atom. The first-order valence-electron chi connectivity index (χ1n) is 12.8. The predicted molar refractivity (Wildman–Crippen MR) is 127 cm³/mol. The van der Waals surface area contributed by atoms with Crippen LogP contribution in [-0.2, 0) is 0 Å². The zero-order valence-corrected chi connectivity index (χ0v) is 19.9. The summed E-state index contributed by atoms with van der Waals surface area (Å²) in [6, 6.07) is 0.